The lowest BCUT2D eigenvalue weighted by Crippen LogP contribution is -2.50. The Morgan fingerprint density at radius 2 is 2.03 bits per heavy atom. The van der Waals surface area contributed by atoms with Gasteiger partial charge in [-0.1, -0.05) is 42.5 Å². The number of likely N-dealkylation sites (tertiary alicyclic amines) is 1. The summed E-state index contributed by atoms with van der Waals surface area (Å²) in [5.41, 5.74) is 0.431. The molecule has 2 saturated heterocycles. The zero-order chi connectivity index (χ0) is 20.5. The highest BCUT2D eigenvalue weighted by molar-refractivity contribution is 5.81. The average Bonchev–Trinajstić information content (AvgIpc) is 3.27. The maximum atomic E-state index is 12.9. The molecule has 1 aromatic rings. The summed E-state index contributed by atoms with van der Waals surface area (Å²) in [6.07, 6.45) is 7.62. The molecule has 0 aromatic heterocycles. The maximum Gasteiger partial charge on any atom is 0.314 e. The summed E-state index contributed by atoms with van der Waals surface area (Å²) in [6, 6.07) is 10.0. The molecular formula is C23H32N2O4. The van der Waals surface area contributed by atoms with Crippen LogP contribution in [0.15, 0.2) is 36.4 Å². The summed E-state index contributed by atoms with van der Waals surface area (Å²) in [4.78, 5) is 33.0. The molecule has 0 spiro atoms. The number of allylic oxidation sites excluding steroid dienone is 1. The molecule has 1 aromatic carbocycles. The Morgan fingerprint density at radius 1 is 1.21 bits per heavy atom. The van der Waals surface area contributed by atoms with Gasteiger partial charge in [0.05, 0.1) is 18.6 Å². The highest BCUT2D eigenvalue weighted by Crippen LogP contribution is 2.36. The lowest BCUT2D eigenvalue weighted by Gasteiger charge is -2.40. The van der Waals surface area contributed by atoms with Crippen LogP contribution in [-0.2, 0) is 19.2 Å². The Kier molecular flexibility index (Phi) is 7.83. The average molecular weight is 401 g/mol. The first kappa shape index (κ1) is 21.5. The number of hydroxylamine groups is 2. The molecule has 0 N–H and O–H groups in total. The van der Waals surface area contributed by atoms with Crippen molar-refractivity contribution in [2.45, 2.75) is 39.0 Å². The normalized spacial score (nSPS) is 22.9. The molecule has 2 aliphatic rings. The second-order valence-corrected chi connectivity index (χ2v) is 7.80. The van der Waals surface area contributed by atoms with Gasteiger partial charge in [0.1, 0.15) is 0 Å². The van der Waals surface area contributed by atoms with E-state index >= 15 is 0 Å². The first-order chi connectivity index (χ1) is 14.1. The molecule has 2 aliphatic heterocycles. The fourth-order valence-corrected chi connectivity index (χ4v) is 4.08. The number of benzene rings is 1. The molecule has 6 nitrogen and oxygen atoms in total. The largest absolute Gasteiger partial charge is 0.466 e. The second kappa shape index (κ2) is 10.6. The van der Waals surface area contributed by atoms with Gasteiger partial charge in [0.15, 0.2) is 0 Å². The van der Waals surface area contributed by atoms with Gasteiger partial charge in [0.25, 0.3) is 0 Å². The molecule has 1 amide bonds. The van der Waals surface area contributed by atoms with E-state index in [4.69, 9.17) is 9.57 Å². The van der Waals surface area contributed by atoms with Crippen molar-refractivity contribution in [3.05, 3.63) is 42.0 Å². The summed E-state index contributed by atoms with van der Waals surface area (Å²) in [6.45, 7) is 5.52. The number of rotatable bonds is 8. The number of piperidine rings is 1. The minimum atomic E-state index is -0.667. The van der Waals surface area contributed by atoms with Crippen molar-refractivity contribution in [3.8, 4) is 0 Å². The van der Waals surface area contributed by atoms with Crippen molar-refractivity contribution in [2.75, 3.05) is 39.4 Å². The van der Waals surface area contributed by atoms with Gasteiger partial charge in [-0.2, -0.15) is 5.06 Å². The monoisotopic (exact) mass is 400 g/mol. The van der Waals surface area contributed by atoms with Gasteiger partial charge in [-0.25, -0.2) is 0 Å². The van der Waals surface area contributed by atoms with Gasteiger partial charge in [-0.15, -0.1) is 0 Å². The molecule has 1 atom stereocenters. The molecule has 2 heterocycles. The molecular weight excluding hydrogens is 368 g/mol. The van der Waals surface area contributed by atoms with Crippen LogP contribution < -0.4 is 0 Å². The van der Waals surface area contributed by atoms with E-state index in [0.29, 0.717) is 39.1 Å². The van der Waals surface area contributed by atoms with Crippen LogP contribution in [0.3, 0.4) is 0 Å². The van der Waals surface area contributed by atoms with Crippen LogP contribution in [0.25, 0.3) is 6.08 Å². The Balaban J connectivity index is 1.65. The molecule has 158 valence electrons. The summed E-state index contributed by atoms with van der Waals surface area (Å²) >= 11 is 0. The molecule has 0 radical (unpaired) electrons. The minimum absolute atomic E-state index is 0.0842. The molecule has 3 rings (SSSR count). The fourth-order valence-electron chi connectivity index (χ4n) is 4.08. The maximum absolute atomic E-state index is 12.9. The summed E-state index contributed by atoms with van der Waals surface area (Å²) < 4.78 is 5.42. The van der Waals surface area contributed by atoms with Gasteiger partial charge < -0.3 is 9.64 Å². The van der Waals surface area contributed by atoms with Gasteiger partial charge >= 0.3 is 5.97 Å². The predicted octanol–water partition coefficient (Wildman–Crippen LogP) is 3.29. The Hall–Kier alpha value is -2.18. The second-order valence-electron chi connectivity index (χ2n) is 7.80. The van der Waals surface area contributed by atoms with Crippen LogP contribution in [0.1, 0.15) is 44.6 Å². The number of carbonyl (C=O) groups excluding carboxylic acids is 2. The van der Waals surface area contributed by atoms with Crippen LogP contribution in [0.4, 0.5) is 0 Å². The van der Waals surface area contributed by atoms with Crippen LogP contribution in [0.5, 0.6) is 0 Å². The highest BCUT2D eigenvalue weighted by Gasteiger charge is 2.43. The van der Waals surface area contributed by atoms with Crippen LogP contribution >= 0.6 is 0 Å². The van der Waals surface area contributed by atoms with Crippen molar-refractivity contribution in [1.29, 1.82) is 0 Å². The number of hydrogen-bond acceptors (Lipinski definition) is 5. The number of ether oxygens (including phenoxy) is 1. The smallest absolute Gasteiger partial charge is 0.314 e. The number of amides is 1. The summed E-state index contributed by atoms with van der Waals surface area (Å²) in [5.74, 6) is -0.112. The third kappa shape index (κ3) is 5.90. The Morgan fingerprint density at radius 3 is 2.76 bits per heavy atom. The van der Waals surface area contributed by atoms with Crippen molar-refractivity contribution in [2.24, 2.45) is 5.41 Å². The fraction of sp³-hybridized carbons (Fsp3) is 0.565. The first-order valence-electron chi connectivity index (χ1n) is 10.7. The lowest BCUT2D eigenvalue weighted by molar-refractivity contribution is -0.161. The third-order valence-electron chi connectivity index (χ3n) is 5.66. The molecule has 0 aliphatic carbocycles. The highest BCUT2D eigenvalue weighted by atomic mass is 16.7. The lowest BCUT2D eigenvalue weighted by atomic mass is 9.76. The first-order valence-corrected chi connectivity index (χ1v) is 10.7. The zero-order valence-electron chi connectivity index (χ0n) is 17.3. The number of nitrogens with zero attached hydrogens (tertiary/aromatic N) is 2. The van der Waals surface area contributed by atoms with E-state index in [9.17, 15) is 9.59 Å². The van der Waals surface area contributed by atoms with Crippen LogP contribution in [0, 0.1) is 5.41 Å². The van der Waals surface area contributed by atoms with E-state index in [-0.39, 0.29) is 11.9 Å². The van der Waals surface area contributed by atoms with Crippen molar-refractivity contribution < 1.29 is 19.2 Å². The van der Waals surface area contributed by atoms with Crippen LogP contribution in [0.2, 0.25) is 0 Å². The van der Waals surface area contributed by atoms with Crippen molar-refractivity contribution >= 4 is 18.0 Å². The predicted molar refractivity (Wildman–Crippen MR) is 112 cm³/mol. The third-order valence-corrected chi connectivity index (χ3v) is 5.66. The van der Waals surface area contributed by atoms with Gasteiger partial charge in [0.2, 0.25) is 5.91 Å². The topological polar surface area (TPSA) is 59.1 Å². The SMILES string of the molecule is CCOC(=O)C1(CC=Cc2ccccc2)CCCN(C(=O)CCN2CCCO2)C1. The van der Waals surface area contributed by atoms with E-state index in [1.807, 2.05) is 59.4 Å². The van der Waals surface area contributed by atoms with Crippen LogP contribution in [-0.4, -0.2) is 61.2 Å². The van der Waals surface area contributed by atoms with E-state index in [1.54, 1.807) is 0 Å². The quantitative estimate of drug-likeness (QED) is 0.627. The molecule has 2 fully saturated rings. The molecule has 0 saturated carbocycles. The molecule has 6 heteroatoms. The van der Waals surface area contributed by atoms with E-state index in [0.717, 1.165) is 38.0 Å². The van der Waals surface area contributed by atoms with Crippen molar-refractivity contribution in [3.63, 3.8) is 0 Å². The number of carbonyl (C=O) groups is 2. The zero-order valence-corrected chi connectivity index (χ0v) is 17.3. The van der Waals surface area contributed by atoms with E-state index < -0.39 is 5.41 Å². The number of hydrogen-bond donors (Lipinski definition) is 0. The summed E-state index contributed by atoms with van der Waals surface area (Å²) in [7, 11) is 0. The van der Waals surface area contributed by atoms with E-state index in [1.165, 1.54) is 0 Å². The van der Waals surface area contributed by atoms with Gasteiger partial charge in [0, 0.05) is 32.6 Å². The van der Waals surface area contributed by atoms with Crippen molar-refractivity contribution in [1.82, 2.24) is 9.96 Å². The number of esters is 1. The molecule has 1 unspecified atom stereocenters. The Labute approximate surface area is 173 Å². The van der Waals surface area contributed by atoms with E-state index in [2.05, 4.69) is 0 Å². The Bertz CT molecular complexity index is 700. The standard InChI is InChI=1S/C23H32N2O4/c1-2-28-22(27)23(13-6-11-20-9-4-3-5-10-20)14-7-15-24(19-23)21(26)12-17-25-16-8-18-29-25/h3-6,9-11H,2,7-8,12-19H2,1H3. The molecule has 0 bridgehead atoms. The van der Waals surface area contributed by atoms with Gasteiger partial charge in [-0.05, 0) is 38.2 Å². The minimum Gasteiger partial charge on any atom is -0.466 e. The van der Waals surface area contributed by atoms with Gasteiger partial charge in [-0.3, -0.25) is 14.4 Å². The summed E-state index contributed by atoms with van der Waals surface area (Å²) in [5, 5.41) is 1.86. The molecule has 29 heavy (non-hydrogen) atoms.